The number of rotatable bonds is 2. The second kappa shape index (κ2) is 5.62. The molecule has 0 heterocycles. The van der Waals surface area contributed by atoms with Crippen molar-refractivity contribution in [3.63, 3.8) is 0 Å². The molecule has 4 aromatic rings. The van der Waals surface area contributed by atoms with E-state index in [1.54, 1.807) is 12.1 Å². The topological polar surface area (TPSA) is 20.2 Å². The van der Waals surface area contributed by atoms with Crippen molar-refractivity contribution in [3.05, 3.63) is 91.0 Å². The molecule has 0 aliphatic heterocycles. The summed E-state index contributed by atoms with van der Waals surface area (Å²) in [7, 11) is 0. The minimum atomic E-state index is 0.291. The molecule has 23 heavy (non-hydrogen) atoms. The lowest BCUT2D eigenvalue weighted by Gasteiger charge is -2.09. The Hall–Kier alpha value is -3.06. The molecule has 0 spiro atoms. The number of fused-ring (bicyclic) bond motifs is 1. The summed E-state index contributed by atoms with van der Waals surface area (Å²) in [5.74, 6) is 0.291. The third-order valence-corrected chi connectivity index (χ3v) is 4.16. The first kappa shape index (κ1) is 13.6. The summed E-state index contributed by atoms with van der Waals surface area (Å²) in [5.41, 5.74) is 4.69. The fourth-order valence-electron chi connectivity index (χ4n) is 3.00. The maximum atomic E-state index is 9.45. The van der Waals surface area contributed by atoms with Crippen molar-refractivity contribution in [1.29, 1.82) is 0 Å². The van der Waals surface area contributed by atoms with E-state index in [1.807, 2.05) is 12.1 Å². The minimum Gasteiger partial charge on any atom is -0.508 e. The summed E-state index contributed by atoms with van der Waals surface area (Å²) in [5, 5.41) is 12.0. The second-order valence-electron chi connectivity index (χ2n) is 5.65. The molecule has 0 saturated heterocycles. The highest BCUT2D eigenvalue weighted by atomic mass is 16.3. The van der Waals surface area contributed by atoms with Gasteiger partial charge in [0, 0.05) is 0 Å². The van der Waals surface area contributed by atoms with Crippen LogP contribution in [-0.4, -0.2) is 5.11 Å². The van der Waals surface area contributed by atoms with Gasteiger partial charge in [-0.15, -0.1) is 0 Å². The Kier molecular flexibility index (Phi) is 3.32. The molecule has 110 valence electrons. The highest BCUT2D eigenvalue weighted by molar-refractivity contribution is 5.97. The molecule has 0 aromatic heterocycles. The lowest BCUT2D eigenvalue weighted by Crippen LogP contribution is -1.83. The fraction of sp³-hybridized carbons (Fsp3) is 0. The van der Waals surface area contributed by atoms with E-state index in [9.17, 15) is 5.11 Å². The van der Waals surface area contributed by atoms with E-state index in [-0.39, 0.29) is 0 Å². The van der Waals surface area contributed by atoms with Gasteiger partial charge in [-0.2, -0.15) is 0 Å². The van der Waals surface area contributed by atoms with Crippen LogP contribution in [0, 0.1) is 0 Å². The van der Waals surface area contributed by atoms with Gasteiger partial charge in [-0.25, -0.2) is 0 Å². The lowest BCUT2D eigenvalue weighted by atomic mass is 9.95. The van der Waals surface area contributed by atoms with Crippen LogP contribution >= 0.6 is 0 Å². The Bertz CT molecular complexity index is 963. The first-order chi connectivity index (χ1) is 11.3. The van der Waals surface area contributed by atoms with Crippen LogP contribution in [0.4, 0.5) is 0 Å². The summed E-state index contributed by atoms with van der Waals surface area (Å²) in [4.78, 5) is 0. The average molecular weight is 296 g/mol. The van der Waals surface area contributed by atoms with E-state index in [2.05, 4.69) is 66.7 Å². The van der Waals surface area contributed by atoms with Crippen molar-refractivity contribution < 1.29 is 5.11 Å². The second-order valence-corrected chi connectivity index (χ2v) is 5.65. The molecule has 0 bridgehead atoms. The van der Waals surface area contributed by atoms with Crippen molar-refractivity contribution in [2.75, 3.05) is 0 Å². The van der Waals surface area contributed by atoms with Gasteiger partial charge in [0.25, 0.3) is 0 Å². The number of aromatic hydroxyl groups is 1. The van der Waals surface area contributed by atoms with Crippen LogP contribution in [0.15, 0.2) is 91.0 Å². The Labute approximate surface area is 135 Å². The third-order valence-electron chi connectivity index (χ3n) is 4.16. The van der Waals surface area contributed by atoms with Gasteiger partial charge in [0.1, 0.15) is 5.75 Å². The minimum absolute atomic E-state index is 0.291. The van der Waals surface area contributed by atoms with E-state index < -0.39 is 0 Å². The zero-order valence-electron chi connectivity index (χ0n) is 12.6. The molecule has 0 saturated carbocycles. The van der Waals surface area contributed by atoms with Crippen molar-refractivity contribution in [2.24, 2.45) is 0 Å². The van der Waals surface area contributed by atoms with Crippen LogP contribution in [0.1, 0.15) is 0 Å². The highest BCUT2D eigenvalue weighted by Crippen LogP contribution is 2.31. The number of benzene rings is 4. The van der Waals surface area contributed by atoms with Crippen molar-refractivity contribution >= 4 is 10.8 Å². The van der Waals surface area contributed by atoms with Crippen molar-refractivity contribution in [2.45, 2.75) is 0 Å². The van der Waals surface area contributed by atoms with E-state index in [0.717, 1.165) is 11.1 Å². The SMILES string of the molecule is Oc1ccc(-c2cccc(-c3cccc4ccccc34)c2)cc1. The van der Waals surface area contributed by atoms with Crippen molar-refractivity contribution in [3.8, 4) is 28.0 Å². The van der Waals surface area contributed by atoms with Gasteiger partial charge in [0.15, 0.2) is 0 Å². The molecule has 4 aromatic carbocycles. The van der Waals surface area contributed by atoms with Crippen LogP contribution in [0.2, 0.25) is 0 Å². The van der Waals surface area contributed by atoms with Gasteiger partial charge in [0.2, 0.25) is 0 Å². The molecule has 1 N–H and O–H groups in total. The molecule has 0 fully saturated rings. The quantitative estimate of drug-likeness (QED) is 0.490. The number of hydrogen-bond donors (Lipinski definition) is 1. The molecule has 1 heteroatoms. The maximum Gasteiger partial charge on any atom is 0.115 e. The van der Waals surface area contributed by atoms with Crippen LogP contribution in [0.3, 0.4) is 0 Å². The molecule has 1 nitrogen and oxygen atoms in total. The summed E-state index contributed by atoms with van der Waals surface area (Å²) >= 11 is 0. The normalized spacial score (nSPS) is 10.8. The Morgan fingerprint density at radius 3 is 2.09 bits per heavy atom. The average Bonchev–Trinajstić information content (AvgIpc) is 2.62. The van der Waals surface area contributed by atoms with Crippen molar-refractivity contribution in [1.82, 2.24) is 0 Å². The first-order valence-electron chi connectivity index (χ1n) is 7.69. The summed E-state index contributed by atoms with van der Waals surface area (Å²) < 4.78 is 0. The standard InChI is InChI=1S/C22H16O/c23-20-13-11-16(12-14-20)18-7-3-8-19(15-18)22-10-4-6-17-5-1-2-9-21(17)22/h1-15,23H. The van der Waals surface area contributed by atoms with E-state index in [0.29, 0.717) is 5.75 Å². The Balaban J connectivity index is 1.86. The van der Waals surface area contributed by atoms with Gasteiger partial charge in [-0.1, -0.05) is 72.8 Å². The third kappa shape index (κ3) is 2.58. The number of hydrogen-bond acceptors (Lipinski definition) is 1. The molecular weight excluding hydrogens is 280 g/mol. The number of phenols is 1. The summed E-state index contributed by atoms with van der Waals surface area (Å²) in [6.45, 7) is 0. The van der Waals surface area contributed by atoms with Gasteiger partial charge >= 0.3 is 0 Å². The molecule has 0 unspecified atom stereocenters. The van der Waals surface area contributed by atoms with E-state index in [4.69, 9.17) is 0 Å². The predicted octanol–water partition coefficient (Wildman–Crippen LogP) is 5.88. The smallest absolute Gasteiger partial charge is 0.115 e. The first-order valence-corrected chi connectivity index (χ1v) is 7.69. The molecule has 0 radical (unpaired) electrons. The van der Waals surface area contributed by atoms with E-state index >= 15 is 0 Å². The van der Waals surface area contributed by atoms with Crippen LogP contribution in [-0.2, 0) is 0 Å². The van der Waals surface area contributed by atoms with Gasteiger partial charge in [0.05, 0.1) is 0 Å². The van der Waals surface area contributed by atoms with Crippen LogP contribution < -0.4 is 0 Å². The van der Waals surface area contributed by atoms with Crippen LogP contribution in [0.25, 0.3) is 33.0 Å². The lowest BCUT2D eigenvalue weighted by molar-refractivity contribution is 0.475. The molecule has 0 atom stereocenters. The molecule has 0 aliphatic carbocycles. The zero-order chi connectivity index (χ0) is 15.6. The predicted molar refractivity (Wildman–Crippen MR) is 96.5 cm³/mol. The fourth-order valence-corrected chi connectivity index (χ4v) is 3.00. The van der Waals surface area contributed by atoms with E-state index in [1.165, 1.54) is 21.9 Å². The monoisotopic (exact) mass is 296 g/mol. The maximum absolute atomic E-state index is 9.45. The molecule has 0 aliphatic rings. The van der Waals surface area contributed by atoms with Gasteiger partial charge in [-0.05, 0) is 51.2 Å². The molecule has 4 rings (SSSR count). The summed E-state index contributed by atoms with van der Waals surface area (Å²) in [6, 6.07) is 30.7. The number of phenolic OH excluding ortho intramolecular Hbond substituents is 1. The Morgan fingerprint density at radius 1 is 0.522 bits per heavy atom. The van der Waals surface area contributed by atoms with Crippen LogP contribution in [0.5, 0.6) is 5.75 Å². The largest absolute Gasteiger partial charge is 0.508 e. The molecular formula is C22H16O. The Morgan fingerprint density at radius 2 is 1.22 bits per heavy atom. The zero-order valence-corrected chi connectivity index (χ0v) is 12.6. The van der Waals surface area contributed by atoms with Gasteiger partial charge < -0.3 is 5.11 Å². The van der Waals surface area contributed by atoms with Gasteiger partial charge in [-0.3, -0.25) is 0 Å². The summed E-state index contributed by atoms with van der Waals surface area (Å²) in [6.07, 6.45) is 0. The highest BCUT2D eigenvalue weighted by Gasteiger charge is 2.05. The molecule has 0 amide bonds.